The molecule has 0 aliphatic carbocycles. The van der Waals surface area contributed by atoms with E-state index in [4.69, 9.17) is 5.11 Å². The Morgan fingerprint density at radius 3 is 3.00 bits per heavy atom. The van der Waals surface area contributed by atoms with E-state index in [1.807, 2.05) is 6.92 Å². The van der Waals surface area contributed by atoms with Crippen molar-refractivity contribution in [2.75, 3.05) is 6.54 Å². The zero-order valence-electron chi connectivity index (χ0n) is 9.54. The summed E-state index contributed by atoms with van der Waals surface area (Å²) in [6, 6.07) is 0. The summed E-state index contributed by atoms with van der Waals surface area (Å²) in [7, 11) is 0. The van der Waals surface area contributed by atoms with E-state index in [9.17, 15) is 9.59 Å². The first kappa shape index (κ1) is 11.6. The topological polar surface area (TPSA) is 88.3 Å². The van der Waals surface area contributed by atoms with Crippen LogP contribution in [-0.2, 0) is 22.7 Å². The number of aryl methyl sites for hydroxylation is 1. The number of rotatable bonds is 4. The lowest BCUT2D eigenvalue weighted by molar-refractivity contribution is -0.141. The molecule has 1 aromatic rings. The van der Waals surface area contributed by atoms with Crippen molar-refractivity contribution in [2.24, 2.45) is 5.92 Å². The number of carboxylic acids is 1. The molecule has 1 amide bonds. The second-order valence-electron chi connectivity index (χ2n) is 4.01. The highest BCUT2D eigenvalue weighted by atomic mass is 16.4. The van der Waals surface area contributed by atoms with E-state index in [1.54, 1.807) is 4.68 Å². The molecule has 17 heavy (non-hydrogen) atoms. The van der Waals surface area contributed by atoms with E-state index in [0.29, 0.717) is 18.9 Å². The number of hydrogen-bond donors (Lipinski definition) is 1. The first-order valence-electron chi connectivity index (χ1n) is 5.49. The van der Waals surface area contributed by atoms with E-state index in [1.165, 1.54) is 11.2 Å². The molecule has 1 aromatic heterocycles. The van der Waals surface area contributed by atoms with E-state index < -0.39 is 11.9 Å². The predicted octanol–water partition coefficient (Wildman–Crippen LogP) is -0.269. The molecule has 1 saturated heterocycles. The van der Waals surface area contributed by atoms with Gasteiger partial charge in [-0.15, -0.1) is 0 Å². The Labute approximate surface area is 98.0 Å². The Balaban J connectivity index is 2.05. The molecule has 0 saturated carbocycles. The van der Waals surface area contributed by atoms with Crippen LogP contribution in [0.5, 0.6) is 0 Å². The van der Waals surface area contributed by atoms with Crippen LogP contribution >= 0.6 is 0 Å². The highest BCUT2D eigenvalue weighted by Crippen LogP contribution is 2.19. The maximum Gasteiger partial charge on any atom is 0.308 e. The molecule has 1 unspecified atom stereocenters. The molecule has 7 nitrogen and oxygen atoms in total. The molecule has 1 atom stereocenters. The molecule has 2 heterocycles. The van der Waals surface area contributed by atoms with Gasteiger partial charge in [0.15, 0.2) is 0 Å². The van der Waals surface area contributed by atoms with Crippen LogP contribution in [-0.4, -0.2) is 43.2 Å². The van der Waals surface area contributed by atoms with Gasteiger partial charge in [0.2, 0.25) is 5.91 Å². The maximum atomic E-state index is 11.6. The molecule has 92 valence electrons. The van der Waals surface area contributed by atoms with Gasteiger partial charge in [-0.25, -0.2) is 9.67 Å². The third-order valence-electron chi connectivity index (χ3n) is 2.89. The van der Waals surface area contributed by atoms with Gasteiger partial charge in [0.05, 0.1) is 12.5 Å². The minimum absolute atomic E-state index is 0.0790. The van der Waals surface area contributed by atoms with Crippen molar-refractivity contribution in [3.05, 3.63) is 12.2 Å². The number of carbonyl (C=O) groups is 2. The first-order valence-corrected chi connectivity index (χ1v) is 5.49. The third kappa shape index (κ3) is 2.27. The molecular formula is C10H14N4O3. The van der Waals surface area contributed by atoms with Crippen LogP contribution in [0.3, 0.4) is 0 Å². The van der Waals surface area contributed by atoms with Crippen molar-refractivity contribution in [1.29, 1.82) is 0 Å². The number of carbonyl (C=O) groups excluding carboxylic acids is 1. The summed E-state index contributed by atoms with van der Waals surface area (Å²) in [4.78, 5) is 28.0. The molecule has 0 aromatic carbocycles. The summed E-state index contributed by atoms with van der Waals surface area (Å²) >= 11 is 0. The Kier molecular flexibility index (Phi) is 3.08. The zero-order valence-corrected chi connectivity index (χ0v) is 9.54. The number of hydrogen-bond acceptors (Lipinski definition) is 4. The Morgan fingerprint density at radius 1 is 1.65 bits per heavy atom. The summed E-state index contributed by atoms with van der Waals surface area (Å²) in [5.74, 6) is -0.965. The van der Waals surface area contributed by atoms with Gasteiger partial charge in [0.1, 0.15) is 12.2 Å². The lowest BCUT2D eigenvalue weighted by Gasteiger charge is -2.15. The Bertz CT molecular complexity index is 443. The fraction of sp³-hybridized carbons (Fsp3) is 0.600. The average Bonchev–Trinajstić information content (AvgIpc) is 2.87. The molecule has 1 N–H and O–H groups in total. The van der Waals surface area contributed by atoms with E-state index >= 15 is 0 Å². The minimum atomic E-state index is -0.919. The van der Waals surface area contributed by atoms with Crippen LogP contribution in [0.1, 0.15) is 19.2 Å². The van der Waals surface area contributed by atoms with Gasteiger partial charge in [-0.05, 0) is 6.92 Å². The van der Waals surface area contributed by atoms with Gasteiger partial charge < -0.3 is 10.0 Å². The average molecular weight is 238 g/mol. The third-order valence-corrected chi connectivity index (χ3v) is 2.89. The van der Waals surface area contributed by atoms with Gasteiger partial charge >= 0.3 is 5.97 Å². The van der Waals surface area contributed by atoms with Crippen molar-refractivity contribution >= 4 is 11.9 Å². The van der Waals surface area contributed by atoms with Gasteiger partial charge in [0.25, 0.3) is 0 Å². The number of likely N-dealkylation sites (tertiary alicyclic amines) is 1. The normalized spacial score (nSPS) is 19.9. The van der Waals surface area contributed by atoms with Crippen LogP contribution in [0.25, 0.3) is 0 Å². The lowest BCUT2D eigenvalue weighted by Crippen LogP contribution is -2.27. The molecule has 1 aliphatic rings. The lowest BCUT2D eigenvalue weighted by atomic mass is 10.1. The van der Waals surface area contributed by atoms with Crippen LogP contribution in [0.4, 0.5) is 0 Å². The molecule has 0 spiro atoms. The fourth-order valence-electron chi connectivity index (χ4n) is 1.94. The van der Waals surface area contributed by atoms with Crippen molar-refractivity contribution < 1.29 is 14.7 Å². The SMILES string of the molecule is CCn1ncnc1CN1CC(C(=O)O)CC1=O. The zero-order chi connectivity index (χ0) is 12.4. The summed E-state index contributed by atoms with van der Waals surface area (Å²) in [5, 5.41) is 12.9. The van der Waals surface area contributed by atoms with Gasteiger partial charge in [-0.1, -0.05) is 0 Å². The van der Waals surface area contributed by atoms with Gasteiger partial charge in [-0.2, -0.15) is 5.10 Å². The van der Waals surface area contributed by atoms with Gasteiger partial charge in [-0.3, -0.25) is 9.59 Å². The molecule has 7 heteroatoms. The van der Waals surface area contributed by atoms with Crippen molar-refractivity contribution in [3.63, 3.8) is 0 Å². The Morgan fingerprint density at radius 2 is 2.41 bits per heavy atom. The highest BCUT2D eigenvalue weighted by molar-refractivity contribution is 5.85. The quantitative estimate of drug-likeness (QED) is 0.780. The summed E-state index contributed by atoms with van der Waals surface area (Å²) < 4.78 is 1.70. The molecule has 0 bridgehead atoms. The largest absolute Gasteiger partial charge is 0.481 e. The second kappa shape index (κ2) is 4.52. The number of carboxylic acid groups (broad SMARTS) is 1. The first-order chi connectivity index (χ1) is 8.11. The number of amides is 1. The molecule has 1 aliphatic heterocycles. The standard InChI is InChI=1S/C10H14N4O3/c1-2-14-8(11-6-12-14)5-13-4-7(10(16)17)3-9(13)15/h6-7H,2-5H2,1H3,(H,16,17). The maximum absolute atomic E-state index is 11.6. The van der Waals surface area contributed by atoms with Gasteiger partial charge in [0, 0.05) is 19.5 Å². The predicted molar refractivity (Wildman–Crippen MR) is 56.9 cm³/mol. The van der Waals surface area contributed by atoms with Crippen molar-refractivity contribution in [3.8, 4) is 0 Å². The second-order valence-corrected chi connectivity index (χ2v) is 4.01. The smallest absolute Gasteiger partial charge is 0.308 e. The minimum Gasteiger partial charge on any atom is -0.481 e. The van der Waals surface area contributed by atoms with E-state index in [2.05, 4.69) is 10.1 Å². The molecule has 0 radical (unpaired) electrons. The van der Waals surface area contributed by atoms with Crippen LogP contribution in [0.2, 0.25) is 0 Å². The Hall–Kier alpha value is -1.92. The summed E-state index contributed by atoms with van der Waals surface area (Å²) in [5.41, 5.74) is 0. The molecular weight excluding hydrogens is 224 g/mol. The van der Waals surface area contributed by atoms with Crippen LogP contribution < -0.4 is 0 Å². The number of aliphatic carboxylic acids is 1. The van der Waals surface area contributed by atoms with E-state index in [-0.39, 0.29) is 18.9 Å². The van der Waals surface area contributed by atoms with Crippen LogP contribution in [0.15, 0.2) is 6.33 Å². The fourth-order valence-corrected chi connectivity index (χ4v) is 1.94. The summed E-state index contributed by atoms with van der Waals surface area (Å²) in [6.07, 6.45) is 1.52. The molecule has 2 rings (SSSR count). The highest BCUT2D eigenvalue weighted by Gasteiger charge is 2.34. The monoisotopic (exact) mass is 238 g/mol. The molecule has 1 fully saturated rings. The summed E-state index contributed by atoms with van der Waals surface area (Å²) in [6.45, 7) is 3.20. The van der Waals surface area contributed by atoms with Crippen LogP contribution in [0, 0.1) is 5.92 Å². The number of aromatic nitrogens is 3. The number of nitrogens with zero attached hydrogens (tertiary/aromatic N) is 4. The van der Waals surface area contributed by atoms with Crippen molar-refractivity contribution in [2.45, 2.75) is 26.4 Å². The van der Waals surface area contributed by atoms with Crippen molar-refractivity contribution in [1.82, 2.24) is 19.7 Å². The van der Waals surface area contributed by atoms with E-state index in [0.717, 1.165) is 0 Å².